The van der Waals surface area contributed by atoms with Crippen LogP contribution in [0.3, 0.4) is 0 Å². The van der Waals surface area contributed by atoms with E-state index in [2.05, 4.69) is 10.3 Å². The van der Waals surface area contributed by atoms with E-state index in [0.717, 1.165) is 18.7 Å². The van der Waals surface area contributed by atoms with E-state index in [0.29, 0.717) is 19.1 Å². The molecule has 0 unspecified atom stereocenters. The third-order valence-electron chi connectivity index (χ3n) is 3.03. The Morgan fingerprint density at radius 1 is 1.53 bits per heavy atom. The Morgan fingerprint density at radius 2 is 2.24 bits per heavy atom. The SMILES string of the molecule is Cc1ccnc(NC2CCN(C(=O)O)CC2)c1. The highest BCUT2D eigenvalue weighted by Crippen LogP contribution is 2.15. The van der Waals surface area contributed by atoms with Gasteiger partial charge < -0.3 is 15.3 Å². The van der Waals surface area contributed by atoms with Crippen molar-refractivity contribution in [3.63, 3.8) is 0 Å². The number of nitrogens with one attached hydrogen (secondary N) is 1. The molecule has 92 valence electrons. The molecule has 0 saturated carbocycles. The number of nitrogens with zero attached hydrogens (tertiary/aromatic N) is 2. The smallest absolute Gasteiger partial charge is 0.407 e. The molecule has 0 aromatic carbocycles. The first-order valence-electron chi connectivity index (χ1n) is 5.82. The summed E-state index contributed by atoms with van der Waals surface area (Å²) >= 11 is 0. The fraction of sp³-hybridized carbons (Fsp3) is 0.500. The molecule has 1 amide bonds. The second-order valence-electron chi connectivity index (χ2n) is 4.41. The largest absolute Gasteiger partial charge is 0.465 e. The first kappa shape index (κ1) is 11.7. The van der Waals surface area contributed by atoms with Crippen LogP contribution in [-0.4, -0.2) is 40.2 Å². The number of rotatable bonds is 2. The van der Waals surface area contributed by atoms with Gasteiger partial charge in [0.25, 0.3) is 0 Å². The molecule has 1 fully saturated rings. The second-order valence-corrected chi connectivity index (χ2v) is 4.41. The predicted molar refractivity (Wildman–Crippen MR) is 65.2 cm³/mol. The molecule has 2 rings (SSSR count). The second kappa shape index (κ2) is 5.03. The van der Waals surface area contributed by atoms with Gasteiger partial charge in [-0.05, 0) is 37.5 Å². The van der Waals surface area contributed by atoms with E-state index in [1.54, 1.807) is 6.20 Å². The number of hydrogen-bond acceptors (Lipinski definition) is 3. The average molecular weight is 235 g/mol. The van der Waals surface area contributed by atoms with Gasteiger partial charge in [0.05, 0.1) is 0 Å². The third kappa shape index (κ3) is 3.09. The van der Waals surface area contributed by atoms with Gasteiger partial charge in [0.2, 0.25) is 0 Å². The van der Waals surface area contributed by atoms with Crippen molar-refractivity contribution in [3.05, 3.63) is 23.9 Å². The maximum Gasteiger partial charge on any atom is 0.407 e. The summed E-state index contributed by atoms with van der Waals surface area (Å²) in [5.41, 5.74) is 1.17. The van der Waals surface area contributed by atoms with E-state index >= 15 is 0 Å². The predicted octanol–water partition coefficient (Wildman–Crippen LogP) is 1.94. The number of carboxylic acid groups (broad SMARTS) is 1. The Balaban J connectivity index is 1.88. The summed E-state index contributed by atoms with van der Waals surface area (Å²) in [5, 5.41) is 12.2. The lowest BCUT2D eigenvalue weighted by Gasteiger charge is -2.30. The summed E-state index contributed by atoms with van der Waals surface area (Å²) < 4.78 is 0. The number of likely N-dealkylation sites (tertiary alicyclic amines) is 1. The van der Waals surface area contributed by atoms with Gasteiger partial charge >= 0.3 is 6.09 Å². The van der Waals surface area contributed by atoms with Crippen LogP contribution in [-0.2, 0) is 0 Å². The maximum atomic E-state index is 10.8. The molecule has 1 saturated heterocycles. The molecule has 1 aromatic rings. The fourth-order valence-electron chi connectivity index (χ4n) is 2.04. The average Bonchev–Trinajstić information content (AvgIpc) is 2.29. The fourth-order valence-corrected chi connectivity index (χ4v) is 2.04. The highest BCUT2D eigenvalue weighted by Gasteiger charge is 2.22. The third-order valence-corrected chi connectivity index (χ3v) is 3.03. The highest BCUT2D eigenvalue weighted by atomic mass is 16.4. The molecule has 2 heterocycles. The van der Waals surface area contributed by atoms with Crippen molar-refractivity contribution in [1.29, 1.82) is 0 Å². The van der Waals surface area contributed by atoms with Gasteiger partial charge in [-0.25, -0.2) is 9.78 Å². The number of piperidine rings is 1. The van der Waals surface area contributed by atoms with Gasteiger partial charge in [0.1, 0.15) is 5.82 Å². The minimum atomic E-state index is -0.822. The quantitative estimate of drug-likeness (QED) is 0.822. The van der Waals surface area contributed by atoms with Gasteiger partial charge in [-0.2, -0.15) is 0 Å². The van der Waals surface area contributed by atoms with Crippen LogP contribution in [0.1, 0.15) is 18.4 Å². The molecule has 1 aliphatic heterocycles. The van der Waals surface area contributed by atoms with Crippen molar-refractivity contribution in [3.8, 4) is 0 Å². The van der Waals surface area contributed by atoms with Gasteiger partial charge in [-0.3, -0.25) is 0 Å². The molecule has 2 N–H and O–H groups in total. The molecule has 5 heteroatoms. The Labute approximate surface area is 100 Å². The number of anilines is 1. The highest BCUT2D eigenvalue weighted by molar-refractivity contribution is 5.65. The molecule has 1 aromatic heterocycles. The first-order valence-corrected chi connectivity index (χ1v) is 5.82. The van der Waals surface area contributed by atoms with E-state index in [-0.39, 0.29) is 0 Å². The van der Waals surface area contributed by atoms with Crippen LogP contribution < -0.4 is 5.32 Å². The van der Waals surface area contributed by atoms with Crippen molar-refractivity contribution < 1.29 is 9.90 Å². The number of aromatic nitrogens is 1. The van der Waals surface area contributed by atoms with Crippen LogP contribution in [0.15, 0.2) is 18.3 Å². The zero-order valence-electron chi connectivity index (χ0n) is 9.89. The lowest BCUT2D eigenvalue weighted by Crippen LogP contribution is -2.41. The monoisotopic (exact) mass is 235 g/mol. The van der Waals surface area contributed by atoms with Crippen LogP contribution >= 0.6 is 0 Å². The van der Waals surface area contributed by atoms with E-state index in [1.165, 1.54) is 10.5 Å². The first-order chi connectivity index (χ1) is 8.15. The van der Waals surface area contributed by atoms with Crippen molar-refractivity contribution >= 4 is 11.9 Å². The molecule has 0 radical (unpaired) electrons. The normalized spacial score (nSPS) is 16.9. The van der Waals surface area contributed by atoms with Crippen LogP contribution in [0.25, 0.3) is 0 Å². The van der Waals surface area contributed by atoms with E-state index < -0.39 is 6.09 Å². The standard InChI is InChI=1S/C12H17N3O2/c1-9-2-5-13-11(8-9)14-10-3-6-15(7-4-10)12(16)17/h2,5,8,10H,3-4,6-7H2,1H3,(H,13,14)(H,16,17). The molecule has 17 heavy (non-hydrogen) atoms. The minimum absolute atomic E-state index is 0.319. The molecule has 0 bridgehead atoms. The minimum Gasteiger partial charge on any atom is -0.465 e. The topological polar surface area (TPSA) is 65.5 Å². The summed E-state index contributed by atoms with van der Waals surface area (Å²) in [6, 6.07) is 4.28. The summed E-state index contributed by atoms with van der Waals surface area (Å²) in [4.78, 5) is 16.5. The van der Waals surface area contributed by atoms with Gasteiger partial charge in [0, 0.05) is 25.3 Å². The number of carbonyl (C=O) groups is 1. The number of amides is 1. The molecule has 1 aliphatic rings. The van der Waals surface area contributed by atoms with E-state index in [1.807, 2.05) is 19.1 Å². The van der Waals surface area contributed by atoms with Gasteiger partial charge in [0.15, 0.2) is 0 Å². The zero-order chi connectivity index (χ0) is 12.3. The van der Waals surface area contributed by atoms with Crippen LogP contribution in [0.5, 0.6) is 0 Å². The van der Waals surface area contributed by atoms with Crippen LogP contribution in [0.2, 0.25) is 0 Å². The number of pyridine rings is 1. The Hall–Kier alpha value is -1.78. The molecule has 5 nitrogen and oxygen atoms in total. The number of hydrogen-bond donors (Lipinski definition) is 2. The Kier molecular flexibility index (Phi) is 3.46. The van der Waals surface area contributed by atoms with Crippen molar-refractivity contribution in [2.24, 2.45) is 0 Å². The molecule has 0 spiro atoms. The van der Waals surface area contributed by atoms with Crippen molar-refractivity contribution in [1.82, 2.24) is 9.88 Å². The molecule has 0 aliphatic carbocycles. The van der Waals surface area contributed by atoms with Crippen molar-refractivity contribution in [2.45, 2.75) is 25.8 Å². The molecular formula is C12H17N3O2. The Bertz CT molecular complexity index is 400. The Morgan fingerprint density at radius 3 is 2.82 bits per heavy atom. The zero-order valence-corrected chi connectivity index (χ0v) is 9.89. The molecular weight excluding hydrogens is 218 g/mol. The number of aryl methyl sites for hydroxylation is 1. The maximum absolute atomic E-state index is 10.8. The summed E-state index contributed by atoms with van der Waals surface area (Å²) in [7, 11) is 0. The lowest BCUT2D eigenvalue weighted by atomic mass is 10.1. The van der Waals surface area contributed by atoms with Crippen molar-refractivity contribution in [2.75, 3.05) is 18.4 Å². The summed E-state index contributed by atoms with van der Waals surface area (Å²) in [6.45, 7) is 3.22. The molecule has 0 atom stereocenters. The lowest BCUT2D eigenvalue weighted by molar-refractivity contribution is 0.134. The summed E-state index contributed by atoms with van der Waals surface area (Å²) in [6.07, 6.45) is 2.63. The van der Waals surface area contributed by atoms with Gasteiger partial charge in [-0.1, -0.05) is 0 Å². The van der Waals surface area contributed by atoms with Crippen LogP contribution in [0, 0.1) is 6.92 Å². The van der Waals surface area contributed by atoms with E-state index in [9.17, 15) is 4.79 Å². The van der Waals surface area contributed by atoms with Crippen LogP contribution in [0.4, 0.5) is 10.6 Å². The van der Waals surface area contributed by atoms with Gasteiger partial charge in [-0.15, -0.1) is 0 Å². The summed E-state index contributed by atoms with van der Waals surface area (Å²) in [5.74, 6) is 0.874. The van der Waals surface area contributed by atoms with E-state index in [4.69, 9.17) is 5.11 Å².